The molecule has 0 radical (unpaired) electrons. The van der Waals surface area contributed by atoms with Gasteiger partial charge in [-0.25, -0.2) is 0 Å². The molecule has 0 atom stereocenters. The normalized spacial score (nSPS) is 10.5. The highest BCUT2D eigenvalue weighted by Crippen LogP contribution is 2.20. The van der Waals surface area contributed by atoms with Crippen molar-refractivity contribution in [2.24, 2.45) is 0 Å². The predicted molar refractivity (Wildman–Crippen MR) is 89.1 cm³/mol. The quantitative estimate of drug-likeness (QED) is 0.686. The van der Waals surface area contributed by atoms with E-state index in [0.29, 0.717) is 6.61 Å². The molecule has 0 aliphatic carbocycles. The lowest BCUT2D eigenvalue weighted by atomic mass is 10.1. The van der Waals surface area contributed by atoms with Gasteiger partial charge < -0.3 is 10.1 Å². The van der Waals surface area contributed by atoms with Crippen molar-refractivity contribution in [2.75, 3.05) is 18.5 Å². The van der Waals surface area contributed by atoms with Crippen LogP contribution in [0.1, 0.15) is 5.56 Å². The second kappa shape index (κ2) is 6.31. The highest BCUT2D eigenvalue weighted by atomic mass is 16.5. The van der Waals surface area contributed by atoms with Crippen LogP contribution in [0.25, 0.3) is 10.8 Å². The van der Waals surface area contributed by atoms with Crippen LogP contribution in [-0.2, 0) is 0 Å². The summed E-state index contributed by atoms with van der Waals surface area (Å²) < 4.78 is 5.81. The maximum atomic E-state index is 5.81. The van der Waals surface area contributed by atoms with E-state index in [1.165, 1.54) is 22.0 Å². The van der Waals surface area contributed by atoms with Gasteiger partial charge in [0.05, 0.1) is 0 Å². The summed E-state index contributed by atoms with van der Waals surface area (Å²) in [5.41, 5.74) is 2.42. The molecule has 106 valence electrons. The van der Waals surface area contributed by atoms with Crippen LogP contribution in [0, 0.1) is 6.92 Å². The SMILES string of the molecule is Cc1ccccc1NCCOc1ccc2ccccc2c1. The van der Waals surface area contributed by atoms with Crippen molar-refractivity contribution in [3.63, 3.8) is 0 Å². The third-order valence-electron chi connectivity index (χ3n) is 3.55. The van der Waals surface area contributed by atoms with Gasteiger partial charge in [-0.15, -0.1) is 0 Å². The highest BCUT2D eigenvalue weighted by molar-refractivity contribution is 5.83. The zero-order valence-corrected chi connectivity index (χ0v) is 12.2. The Morgan fingerprint density at radius 2 is 1.62 bits per heavy atom. The van der Waals surface area contributed by atoms with Crippen LogP contribution in [0.2, 0.25) is 0 Å². The van der Waals surface area contributed by atoms with E-state index in [1.807, 2.05) is 24.3 Å². The van der Waals surface area contributed by atoms with Gasteiger partial charge in [-0.2, -0.15) is 0 Å². The van der Waals surface area contributed by atoms with Crippen LogP contribution in [0.3, 0.4) is 0 Å². The van der Waals surface area contributed by atoms with Gasteiger partial charge in [0.1, 0.15) is 12.4 Å². The molecule has 0 aliphatic heterocycles. The predicted octanol–water partition coefficient (Wildman–Crippen LogP) is 4.64. The average molecular weight is 277 g/mol. The Bertz CT molecular complexity index is 736. The van der Waals surface area contributed by atoms with Crippen LogP contribution >= 0.6 is 0 Å². The van der Waals surface area contributed by atoms with Crippen LogP contribution in [0.15, 0.2) is 66.7 Å². The number of rotatable bonds is 5. The number of nitrogens with one attached hydrogen (secondary N) is 1. The number of aryl methyl sites for hydroxylation is 1. The van der Waals surface area contributed by atoms with Crippen molar-refractivity contribution in [3.05, 3.63) is 72.3 Å². The van der Waals surface area contributed by atoms with Crippen molar-refractivity contribution >= 4 is 16.5 Å². The minimum atomic E-state index is 0.646. The van der Waals surface area contributed by atoms with Gasteiger partial charge in [-0.1, -0.05) is 48.5 Å². The topological polar surface area (TPSA) is 21.3 Å². The molecule has 0 bridgehead atoms. The first-order valence-electron chi connectivity index (χ1n) is 7.24. The summed E-state index contributed by atoms with van der Waals surface area (Å²) in [7, 11) is 0. The van der Waals surface area contributed by atoms with Gasteiger partial charge in [-0.3, -0.25) is 0 Å². The van der Waals surface area contributed by atoms with Crippen LogP contribution in [0.5, 0.6) is 5.75 Å². The summed E-state index contributed by atoms with van der Waals surface area (Å²) in [5, 5.41) is 5.84. The van der Waals surface area contributed by atoms with E-state index in [0.717, 1.165) is 12.3 Å². The number of anilines is 1. The van der Waals surface area contributed by atoms with E-state index in [4.69, 9.17) is 4.74 Å². The molecule has 2 heteroatoms. The molecule has 3 aromatic rings. The number of fused-ring (bicyclic) bond motifs is 1. The minimum Gasteiger partial charge on any atom is -0.492 e. The number of hydrogen-bond donors (Lipinski definition) is 1. The molecule has 0 unspecified atom stereocenters. The first-order chi connectivity index (χ1) is 10.3. The van der Waals surface area contributed by atoms with Gasteiger partial charge in [0.15, 0.2) is 0 Å². The standard InChI is InChI=1S/C19H19NO/c1-15-6-2-5-9-19(15)20-12-13-21-18-11-10-16-7-3-4-8-17(16)14-18/h2-11,14,20H,12-13H2,1H3. The number of para-hydroxylation sites is 1. The second-order valence-electron chi connectivity index (χ2n) is 5.10. The zero-order valence-electron chi connectivity index (χ0n) is 12.2. The largest absolute Gasteiger partial charge is 0.492 e. The number of ether oxygens (including phenoxy) is 1. The molecule has 0 saturated heterocycles. The van der Waals surface area contributed by atoms with Gasteiger partial charge in [-0.05, 0) is 41.5 Å². The third kappa shape index (κ3) is 3.34. The molecule has 0 amide bonds. The van der Waals surface area contributed by atoms with E-state index in [9.17, 15) is 0 Å². The first-order valence-corrected chi connectivity index (χ1v) is 7.24. The molecule has 3 aromatic carbocycles. The number of hydrogen-bond acceptors (Lipinski definition) is 2. The van der Waals surface area contributed by atoms with Crippen molar-refractivity contribution in [2.45, 2.75) is 6.92 Å². The van der Waals surface area contributed by atoms with Crippen molar-refractivity contribution < 1.29 is 4.74 Å². The Hall–Kier alpha value is -2.48. The van der Waals surface area contributed by atoms with E-state index in [1.54, 1.807) is 0 Å². The van der Waals surface area contributed by atoms with E-state index >= 15 is 0 Å². The van der Waals surface area contributed by atoms with Gasteiger partial charge in [0.2, 0.25) is 0 Å². The second-order valence-corrected chi connectivity index (χ2v) is 5.10. The molecule has 0 aromatic heterocycles. The molecule has 3 rings (SSSR count). The molecule has 0 saturated carbocycles. The molecular formula is C19H19NO. The Labute approximate surface area is 125 Å². The Morgan fingerprint density at radius 3 is 2.48 bits per heavy atom. The first kappa shape index (κ1) is 13.5. The summed E-state index contributed by atoms with van der Waals surface area (Å²) in [4.78, 5) is 0. The minimum absolute atomic E-state index is 0.646. The molecule has 0 spiro atoms. The summed E-state index contributed by atoms with van der Waals surface area (Å²) in [5.74, 6) is 0.917. The van der Waals surface area contributed by atoms with E-state index in [-0.39, 0.29) is 0 Å². The molecule has 0 heterocycles. The van der Waals surface area contributed by atoms with Crippen LogP contribution in [-0.4, -0.2) is 13.2 Å². The van der Waals surface area contributed by atoms with Crippen molar-refractivity contribution in [1.82, 2.24) is 0 Å². The lowest BCUT2D eigenvalue weighted by Gasteiger charge is -2.11. The Morgan fingerprint density at radius 1 is 0.857 bits per heavy atom. The van der Waals surface area contributed by atoms with Crippen LogP contribution < -0.4 is 10.1 Å². The maximum Gasteiger partial charge on any atom is 0.120 e. The summed E-state index contributed by atoms with van der Waals surface area (Å²) in [6, 6.07) is 22.8. The summed E-state index contributed by atoms with van der Waals surface area (Å²) in [6.07, 6.45) is 0. The fourth-order valence-electron chi connectivity index (χ4n) is 2.38. The lowest BCUT2D eigenvalue weighted by Crippen LogP contribution is -2.12. The lowest BCUT2D eigenvalue weighted by molar-refractivity contribution is 0.333. The average Bonchev–Trinajstić information content (AvgIpc) is 2.53. The summed E-state index contributed by atoms with van der Waals surface area (Å²) in [6.45, 7) is 3.54. The number of benzene rings is 3. The Kier molecular flexibility index (Phi) is 4.06. The van der Waals surface area contributed by atoms with E-state index in [2.05, 4.69) is 54.7 Å². The van der Waals surface area contributed by atoms with Crippen molar-refractivity contribution in [1.29, 1.82) is 0 Å². The Balaban J connectivity index is 1.56. The smallest absolute Gasteiger partial charge is 0.120 e. The molecule has 0 aliphatic rings. The third-order valence-corrected chi connectivity index (χ3v) is 3.55. The molecule has 1 N–H and O–H groups in total. The monoisotopic (exact) mass is 277 g/mol. The molecular weight excluding hydrogens is 258 g/mol. The fourth-order valence-corrected chi connectivity index (χ4v) is 2.38. The van der Waals surface area contributed by atoms with Crippen LogP contribution in [0.4, 0.5) is 5.69 Å². The zero-order chi connectivity index (χ0) is 14.5. The summed E-state index contributed by atoms with van der Waals surface area (Å²) >= 11 is 0. The van der Waals surface area contributed by atoms with Gasteiger partial charge >= 0.3 is 0 Å². The maximum absolute atomic E-state index is 5.81. The van der Waals surface area contributed by atoms with Crippen molar-refractivity contribution in [3.8, 4) is 5.75 Å². The highest BCUT2D eigenvalue weighted by Gasteiger charge is 1.98. The fraction of sp³-hybridized carbons (Fsp3) is 0.158. The molecule has 21 heavy (non-hydrogen) atoms. The van der Waals surface area contributed by atoms with Gasteiger partial charge in [0.25, 0.3) is 0 Å². The van der Waals surface area contributed by atoms with E-state index < -0.39 is 0 Å². The molecule has 2 nitrogen and oxygen atoms in total. The molecule has 0 fully saturated rings. The van der Waals surface area contributed by atoms with Gasteiger partial charge in [0, 0.05) is 12.2 Å².